The summed E-state index contributed by atoms with van der Waals surface area (Å²) < 4.78 is 5.34. The van der Waals surface area contributed by atoms with Crippen molar-refractivity contribution in [1.82, 2.24) is 20.5 Å². The molecule has 1 aliphatic heterocycles. The zero-order valence-corrected chi connectivity index (χ0v) is 16.9. The van der Waals surface area contributed by atoms with E-state index < -0.39 is 6.03 Å². The molecule has 3 rings (SSSR count). The van der Waals surface area contributed by atoms with E-state index in [1.54, 1.807) is 7.11 Å². The Morgan fingerprint density at radius 3 is 2.71 bits per heavy atom. The molecule has 3 N–H and O–H groups in total. The number of carbonyl (C=O) groups is 2. The Labute approximate surface area is 165 Å². The van der Waals surface area contributed by atoms with Gasteiger partial charge in [0.15, 0.2) is 0 Å². The lowest BCUT2D eigenvalue weighted by atomic mass is 9.99. The van der Waals surface area contributed by atoms with Crippen molar-refractivity contribution in [1.29, 1.82) is 0 Å². The van der Waals surface area contributed by atoms with E-state index in [0.717, 1.165) is 29.6 Å². The van der Waals surface area contributed by atoms with Gasteiger partial charge >= 0.3 is 6.03 Å². The van der Waals surface area contributed by atoms with E-state index in [1.807, 2.05) is 50.1 Å². The molecule has 2 heterocycles. The van der Waals surface area contributed by atoms with E-state index >= 15 is 0 Å². The maximum absolute atomic E-state index is 12.1. The third-order valence-electron chi connectivity index (χ3n) is 4.64. The van der Waals surface area contributed by atoms with Gasteiger partial charge in [-0.1, -0.05) is 6.08 Å². The van der Waals surface area contributed by atoms with Crippen molar-refractivity contribution in [3.05, 3.63) is 36.0 Å². The first-order chi connectivity index (χ1) is 13.2. The minimum atomic E-state index is -0.460. The number of imide groups is 1. The fourth-order valence-corrected chi connectivity index (χ4v) is 3.33. The maximum Gasteiger partial charge on any atom is 0.321 e. The molecule has 28 heavy (non-hydrogen) atoms. The zero-order valence-electron chi connectivity index (χ0n) is 16.9. The molecule has 1 aromatic heterocycles. The van der Waals surface area contributed by atoms with E-state index in [2.05, 4.69) is 21.7 Å². The summed E-state index contributed by atoms with van der Waals surface area (Å²) in [6, 6.07) is 5.53. The number of H-pyrrole nitrogens is 1. The summed E-state index contributed by atoms with van der Waals surface area (Å²) in [6.45, 7) is 7.23. The van der Waals surface area contributed by atoms with Crippen LogP contribution < -0.4 is 15.4 Å². The molecule has 1 aliphatic rings. The molecule has 0 saturated carbocycles. The van der Waals surface area contributed by atoms with Gasteiger partial charge in [-0.25, -0.2) is 4.79 Å². The second-order valence-corrected chi connectivity index (χ2v) is 8.08. The molecule has 0 bridgehead atoms. The molecule has 2 aromatic rings. The van der Waals surface area contributed by atoms with Crippen LogP contribution in [0.15, 0.2) is 30.5 Å². The lowest BCUT2D eigenvalue weighted by Crippen LogP contribution is -2.50. The summed E-state index contributed by atoms with van der Waals surface area (Å²) in [5, 5.41) is 6.25. The van der Waals surface area contributed by atoms with Gasteiger partial charge in [-0.05, 0) is 51.0 Å². The second kappa shape index (κ2) is 8.06. The highest BCUT2D eigenvalue weighted by Crippen LogP contribution is 2.31. The molecular weight excluding hydrogens is 356 g/mol. The number of methoxy groups -OCH3 is 1. The van der Waals surface area contributed by atoms with Crippen molar-refractivity contribution in [2.75, 3.05) is 26.7 Å². The summed E-state index contributed by atoms with van der Waals surface area (Å²) in [5.41, 5.74) is 3.11. The topological polar surface area (TPSA) is 86.5 Å². The highest BCUT2D eigenvalue weighted by Gasteiger charge is 2.20. The van der Waals surface area contributed by atoms with Gasteiger partial charge < -0.3 is 15.0 Å². The molecule has 7 nitrogen and oxygen atoms in total. The van der Waals surface area contributed by atoms with Crippen molar-refractivity contribution >= 4 is 28.4 Å². The molecule has 0 saturated heterocycles. The van der Waals surface area contributed by atoms with Gasteiger partial charge in [0.2, 0.25) is 5.91 Å². The SMILES string of the molecule is COc1ccc2[nH]cc(C3=CCN(CC(=O)NC(=O)NC(C)(C)C)CC3)c2c1. The average Bonchev–Trinajstić information content (AvgIpc) is 3.03. The lowest BCUT2D eigenvalue weighted by Gasteiger charge is -2.26. The van der Waals surface area contributed by atoms with E-state index in [4.69, 9.17) is 4.74 Å². The number of carbonyl (C=O) groups excluding carboxylic acids is 2. The van der Waals surface area contributed by atoms with Gasteiger partial charge in [0.1, 0.15) is 5.75 Å². The molecule has 0 aliphatic carbocycles. The standard InChI is InChI=1S/C21H28N4O3/c1-21(2,3)24-20(27)23-19(26)13-25-9-7-14(8-10-25)17-12-22-18-6-5-15(28-4)11-16(17)18/h5-7,11-12,22H,8-10,13H2,1-4H3,(H2,23,24,26,27). The number of nitrogens with one attached hydrogen (secondary N) is 3. The Balaban J connectivity index is 1.60. The Morgan fingerprint density at radius 2 is 2.07 bits per heavy atom. The second-order valence-electron chi connectivity index (χ2n) is 8.08. The molecule has 0 atom stereocenters. The largest absolute Gasteiger partial charge is 0.497 e. The summed E-state index contributed by atoms with van der Waals surface area (Å²) >= 11 is 0. The van der Waals surface area contributed by atoms with Gasteiger partial charge in [-0.2, -0.15) is 0 Å². The van der Waals surface area contributed by atoms with Crippen molar-refractivity contribution in [3.8, 4) is 5.75 Å². The third-order valence-corrected chi connectivity index (χ3v) is 4.64. The van der Waals surface area contributed by atoms with E-state index in [-0.39, 0.29) is 18.0 Å². The Hall–Kier alpha value is -2.80. The first-order valence-electron chi connectivity index (χ1n) is 9.44. The molecule has 150 valence electrons. The highest BCUT2D eigenvalue weighted by molar-refractivity contribution is 5.96. The maximum atomic E-state index is 12.1. The average molecular weight is 384 g/mol. The van der Waals surface area contributed by atoms with E-state index in [0.29, 0.717) is 6.54 Å². The fraction of sp³-hybridized carbons (Fsp3) is 0.429. The van der Waals surface area contributed by atoms with Crippen LogP contribution in [0, 0.1) is 0 Å². The van der Waals surface area contributed by atoms with Crippen LogP contribution in [-0.2, 0) is 4.79 Å². The molecule has 0 unspecified atom stereocenters. The lowest BCUT2D eigenvalue weighted by molar-refractivity contribution is -0.121. The van der Waals surface area contributed by atoms with Gasteiger partial charge in [-0.15, -0.1) is 0 Å². The summed E-state index contributed by atoms with van der Waals surface area (Å²) in [7, 11) is 1.66. The first-order valence-corrected chi connectivity index (χ1v) is 9.44. The summed E-state index contributed by atoms with van der Waals surface area (Å²) in [6.07, 6.45) is 5.01. The first kappa shape index (κ1) is 19.9. The molecule has 0 radical (unpaired) electrons. The quantitative estimate of drug-likeness (QED) is 0.757. The van der Waals surface area contributed by atoms with E-state index in [1.165, 1.54) is 11.1 Å². The number of hydrogen-bond donors (Lipinski definition) is 3. The Bertz CT molecular complexity index is 908. The van der Waals surface area contributed by atoms with Crippen molar-refractivity contribution in [2.45, 2.75) is 32.7 Å². The minimum Gasteiger partial charge on any atom is -0.497 e. The molecular formula is C21H28N4O3. The number of urea groups is 1. The third kappa shape index (κ3) is 4.92. The zero-order chi connectivity index (χ0) is 20.3. The minimum absolute atomic E-state index is 0.197. The number of aromatic amines is 1. The Kier molecular flexibility index (Phi) is 5.74. The van der Waals surface area contributed by atoms with Crippen LogP contribution in [0.4, 0.5) is 4.79 Å². The van der Waals surface area contributed by atoms with Gasteiger partial charge in [-0.3, -0.25) is 15.0 Å². The smallest absolute Gasteiger partial charge is 0.321 e. The summed E-state index contributed by atoms with van der Waals surface area (Å²) in [5.74, 6) is 0.534. The number of hydrogen-bond acceptors (Lipinski definition) is 4. The Morgan fingerprint density at radius 1 is 1.29 bits per heavy atom. The van der Waals surface area contributed by atoms with Crippen molar-refractivity contribution in [3.63, 3.8) is 0 Å². The predicted octanol–water partition coefficient (Wildman–Crippen LogP) is 2.89. The number of aromatic nitrogens is 1. The summed E-state index contributed by atoms with van der Waals surface area (Å²) in [4.78, 5) is 29.2. The van der Waals surface area contributed by atoms with Gasteiger partial charge in [0.25, 0.3) is 0 Å². The molecule has 0 fully saturated rings. The normalized spacial score (nSPS) is 15.2. The van der Waals surface area contributed by atoms with Gasteiger partial charge in [0, 0.05) is 41.3 Å². The number of rotatable bonds is 4. The number of amides is 3. The van der Waals surface area contributed by atoms with Crippen LogP contribution >= 0.6 is 0 Å². The van der Waals surface area contributed by atoms with Crippen LogP contribution in [0.2, 0.25) is 0 Å². The predicted molar refractivity (Wildman–Crippen MR) is 110 cm³/mol. The van der Waals surface area contributed by atoms with Crippen LogP contribution in [0.25, 0.3) is 16.5 Å². The van der Waals surface area contributed by atoms with Crippen LogP contribution in [0.5, 0.6) is 5.75 Å². The highest BCUT2D eigenvalue weighted by atomic mass is 16.5. The molecule has 1 aromatic carbocycles. The van der Waals surface area contributed by atoms with E-state index in [9.17, 15) is 9.59 Å². The number of fused-ring (bicyclic) bond motifs is 1. The monoisotopic (exact) mass is 384 g/mol. The van der Waals surface area contributed by atoms with Crippen LogP contribution in [0.1, 0.15) is 32.8 Å². The van der Waals surface area contributed by atoms with Gasteiger partial charge in [0.05, 0.1) is 13.7 Å². The number of nitrogens with zero attached hydrogens (tertiary/aromatic N) is 1. The fourth-order valence-electron chi connectivity index (χ4n) is 3.33. The van der Waals surface area contributed by atoms with Crippen LogP contribution in [0.3, 0.4) is 0 Å². The molecule has 7 heteroatoms. The number of benzene rings is 1. The van der Waals surface area contributed by atoms with Crippen molar-refractivity contribution < 1.29 is 14.3 Å². The molecule has 3 amide bonds. The molecule has 0 spiro atoms. The van der Waals surface area contributed by atoms with Crippen LogP contribution in [-0.4, -0.2) is 54.1 Å². The van der Waals surface area contributed by atoms with Crippen molar-refractivity contribution in [2.24, 2.45) is 0 Å². The number of ether oxygens (including phenoxy) is 1.